The largest absolute Gasteiger partial charge is 0.493 e. The molecule has 0 spiro atoms. The highest BCUT2D eigenvalue weighted by Gasteiger charge is 2.14. The molecular weight excluding hydrogens is 436 g/mol. The first-order valence-corrected chi connectivity index (χ1v) is 9.43. The summed E-state index contributed by atoms with van der Waals surface area (Å²) in [6.07, 6.45) is 1.62. The van der Waals surface area contributed by atoms with Gasteiger partial charge in [0.1, 0.15) is 12.3 Å². The second kappa shape index (κ2) is 8.69. The lowest BCUT2D eigenvalue weighted by Gasteiger charge is -2.12. The van der Waals surface area contributed by atoms with Crippen LogP contribution in [-0.4, -0.2) is 28.9 Å². The van der Waals surface area contributed by atoms with Gasteiger partial charge in [0, 0.05) is 21.6 Å². The monoisotopic (exact) mass is 450 g/mol. The number of amides is 2. The van der Waals surface area contributed by atoms with Crippen molar-refractivity contribution in [2.24, 2.45) is 0 Å². The Morgan fingerprint density at radius 3 is 2.70 bits per heavy atom. The molecule has 3 N–H and O–H groups in total. The van der Waals surface area contributed by atoms with Crippen molar-refractivity contribution in [3.63, 3.8) is 0 Å². The second-order valence-electron chi connectivity index (χ2n) is 5.27. The number of halogens is 1. The molecule has 0 atom stereocenters. The van der Waals surface area contributed by atoms with Crippen molar-refractivity contribution >= 4 is 39.1 Å². The van der Waals surface area contributed by atoms with Gasteiger partial charge in [-0.1, -0.05) is 0 Å². The molecule has 0 aliphatic rings. The van der Waals surface area contributed by atoms with Crippen molar-refractivity contribution in [1.82, 2.24) is 20.8 Å². The van der Waals surface area contributed by atoms with Crippen molar-refractivity contribution in [3.8, 4) is 11.5 Å². The minimum atomic E-state index is -0.488. The molecule has 2 aromatic heterocycles. The van der Waals surface area contributed by atoms with Gasteiger partial charge in [-0.3, -0.25) is 20.4 Å². The molecule has 0 aliphatic heterocycles. The van der Waals surface area contributed by atoms with Crippen molar-refractivity contribution in [3.05, 3.63) is 62.8 Å². The molecule has 3 aromatic rings. The van der Waals surface area contributed by atoms with Crippen LogP contribution in [0.1, 0.15) is 26.5 Å². The zero-order valence-electron chi connectivity index (χ0n) is 14.1. The van der Waals surface area contributed by atoms with E-state index in [4.69, 9.17) is 9.47 Å². The SMILES string of the molecule is COc1cc(C(=O)NNC(=O)c2cc(Br)c[nH]2)ccc1OCc1cscn1. The Hall–Kier alpha value is -2.85. The number of aromatic nitrogens is 2. The summed E-state index contributed by atoms with van der Waals surface area (Å²) in [6.45, 7) is 0.299. The summed E-state index contributed by atoms with van der Waals surface area (Å²) in [5.41, 5.74) is 7.84. The molecule has 2 amide bonds. The van der Waals surface area contributed by atoms with E-state index in [1.54, 1.807) is 29.9 Å². The van der Waals surface area contributed by atoms with Crippen LogP contribution in [0, 0.1) is 0 Å². The van der Waals surface area contributed by atoms with Crippen molar-refractivity contribution in [2.45, 2.75) is 6.61 Å². The summed E-state index contributed by atoms with van der Waals surface area (Å²) in [5.74, 6) is -0.0672. The van der Waals surface area contributed by atoms with Gasteiger partial charge in [0.05, 0.1) is 18.3 Å². The molecule has 2 heterocycles. The fourth-order valence-corrected chi connectivity index (χ4v) is 3.03. The maximum Gasteiger partial charge on any atom is 0.286 e. The Morgan fingerprint density at radius 1 is 1.22 bits per heavy atom. The number of ether oxygens (including phenoxy) is 2. The molecule has 0 aliphatic carbocycles. The Bertz CT molecular complexity index is 942. The van der Waals surface area contributed by atoms with Crippen LogP contribution in [-0.2, 0) is 6.61 Å². The van der Waals surface area contributed by atoms with E-state index in [0.29, 0.717) is 29.4 Å². The standard InChI is InChI=1S/C17H15BrN4O4S/c1-25-15-4-10(2-3-14(15)26-7-12-8-27-9-20-12)16(23)21-22-17(24)13-5-11(18)6-19-13/h2-6,8-9,19H,7H2,1H3,(H,21,23)(H,22,24). The lowest BCUT2D eigenvalue weighted by Crippen LogP contribution is -2.41. The molecule has 0 bridgehead atoms. The van der Waals surface area contributed by atoms with Crippen molar-refractivity contribution < 1.29 is 19.1 Å². The molecule has 140 valence electrons. The van der Waals surface area contributed by atoms with Gasteiger partial charge in [-0.25, -0.2) is 4.98 Å². The van der Waals surface area contributed by atoms with Crippen LogP contribution in [0.25, 0.3) is 0 Å². The van der Waals surface area contributed by atoms with Crippen molar-refractivity contribution in [2.75, 3.05) is 7.11 Å². The van der Waals surface area contributed by atoms with Crippen LogP contribution < -0.4 is 20.3 Å². The molecule has 3 rings (SSSR count). The molecule has 0 fully saturated rings. The molecule has 0 saturated heterocycles. The third-order valence-corrected chi connectivity index (χ3v) is 4.56. The maximum atomic E-state index is 12.3. The molecule has 27 heavy (non-hydrogen) atoms. The van der Waals surface area contributed by atoms with E-state index in [0.717, 1.165) is 10.2 Å². The number of hydrogen-bond acceptors (Lipinski definition) is 6. The van der Waals surface area contributed by atoms with E-state index < -0.39 is 11.8 Å². The lowest BCUT2D eigenvalue weighted by atomic mass is 10.2. The first kappa shape index (κ1) is 18.9. The molecule has 1 aromatic carbocycles. The molecule has 0 saturated carbocycles. The topological polar surface area (TPSA) is 105 Å². The van der Waals surface area contributed by atoms with Crippen LogP contribution in [0.2, 0.25) is 0 Å². The fourth-order valence-electron chi connectivity index (χ4n) is 2.14. The highest BCUT2D eigenvalue weighted by Crippen LogP contribution is 2.28. The zero-order valence-corrected chi connectivity index (χ0v) is 16.5. The smallest absolute Gasteiger partial charge is 0.286 e. The number of rotatable bonds is 6. The van der Waals surface area contributed by atoms with Gasteiger partial charge in [-0.15, -0.1) is 11.3 Å². The number of hydrazine groups is 1. The highest BCUT2D eigenvalue weighted by atomic mass is 79.9. The van der Waals surface area contributed by atoms with E-state index in [2.05, 4.69) is 36.7 Å². The Morgan fingerprint density at radius 2 is 2.04 bits per heavy atom. The Balaban J connectivity index is 1.61. The number of H-pyrrole nitrogens is 1. The number of methoxy groups -OCH3 is 1. The number of carbonyl (C=O) groups is 2. The number of hydrogen-bond donors (Lipinski definition) is 3. The van der Waals surface area contributed by atoms with Gasteiger partial charge in [0.15, 0.2) is 11.5 Å². The van der Waals surface area contributed by atoms with Crippen LogP contribution in [0.5, 0.6) is 11.5 Å². The summed E-state index contributed by atoms with van der Waals surface area (Å²) in [5, 5.41) is 1.89. The van der Waals surface area contributed by atoms with E-state index in [1.165, 1.54) is 24.5 Å². The van der Waals surface area contributed by atoms with Crippen LogP contribution >= 0.6 is 27.3 Å². The quantitative estimate of drug-likeness (QED) is 0.500. The summed E-state index contributed by atoms with van der Waals surface area (Å²) in [4.78, 5) is 31.1. The first-order valence-electron chi connectivity index (χ1n) is 7.69. The van der Waals surface area contributed by atoms with Crippen molar-refractivity contribution in [1.29, 1.82) is 0 Å². The van der Waals surface area contributed by atoms with Gasteiger partial charge < -0.3 is 14.5 Å². The third-order valence-electron chi connectivity index (χ3n) is 3.47. The van der Waals surface area contributed by atoms with Crippen LogP contribution in [0.15, 0.2) is 45.8 Å². The maximum absolute atomic E-state index is 12.3. The Kier molecular flexibility index (Phi) is 6.09. The minimum Gasteiger partial charge on any atom is -0.493 e. The summed E-state index contributed by atoms with van der Waals surface area (Å²) < 4.78 is 11.7. The van der Waals surface area contributed by atoms with E-state index in [1.807, 2.05) is 5.38 Å². The molecular formula is C17H15BrN4O4S. The Labute approximate surface area is 167 Å². The number of nitrogens with zero attached hydrogens (tertiary/aromatic N) is 1. The van der Waals surface area contributed by atoms with Crippen LogP contribution in [0.4, 0.5) is 0 Å². The summed E-state index contributed by atoms with van der Waals surface area (Å²) in [7, 11) is 1.48. The number of aromatic amines is 1. The average Bonchev–Trinajstić information content (AvgIpc) is 3.35. The predicted molar refractivity (Wildman–Crippen MR) is 103 cm³/mol. The molecule has 8 nitrogen and oxygen atoms in total. The lowest BCUT2D eigenvalue weighted by molar-refractivity contribution is 0.0844. The third kappa shape index (κ3) is 4.86. The number of thiazole rings is 1. The summed E-state index contributed by atoms with van der Waals surface area (Å²) >= 11 is 4.72. The second-order valence-corrected chi connectivity index (χ2v) is 6.91. The predicted octanol–water partition coefficient (Wildman–Crippen LogP) is 2.90. The van der Waals surface area contributed by atoms with Gasteiger partial charge in [-0.2, -0.15) is 0 Å². The van der Waals surface area contributed by atoms with E-state index in [9.17, 15) is 9.59 Å². The normalized spacial score (nSPS) is 10.3. The van der Waals surface area contributed by atoms with Crippen LogP contribution in [0.3, 0.4) is 0 Å². The molecule has 0 radical (unpaired) electrons. The van der Waals surface area contributed by atoms with E-state index in [-0.39, 0.29) is 0 Å². The molecule has 10 heteroatoms. The molecule has 0 unspecified atom stereocenters. The van der Waals surface area contributed by atoms with Gasteiger partial charge >= 0.3 is 0 Å². The van der Waals surface area contributed by atoms with Gasteiger partial charge in [0.25, 0.3) is 11.8 Å². The first-order chi connectivity index (χ1) is 13.1. The van der Waals surface area contributed by atoms with E-state index >= 15 is 0 Å². The zero-order chi connectivity index (χ0) is 19.2. The fraction of sp³-hybridized carbons (Fsp3) is 0.118. The number of benzene rings is 1. The van der Waals surface area contributed by atoms with Gasteiger partial charge in [0.2, 0.25) is 0 Å². The summed E-state index contributed by atoms with van der Waals surface area (Å²) in [6, 6.07) is 6.33. The minimum absolute atomic E-state index is 0.299. The highest BCUT2D eigenvalue weighted by molar-refractivity contribution is 9.10. The number of nitrogens with one attached hydrogen (secondary N) is 3. The van der Waals surface area contributed by atoms with Gasteiger partial charge in [-0.05, 0) is 40.2 Å². The average molecular weight is 451 g/mol. The number of carbonyl (C=O) groups excluding carboxylic acids is 2.